The van der Waals surface area contributed by atoms with E-state index in [4.69, 9.17) is 11.5 Å². The molecule has 0 aliphatic heterocycles. The van der Waals surface area contributed by atoms with Gasteiger partial charge in [-0.15, -0.1) is 20.5 Å². The zero-order chi connectivity index (χ0) is 53.3. The number of anilines is 2. The molecule has 0 spiro atoms. The van der Waals surface area contributed by atoms with Crippen molar-refractivity contribution >= 4 is 130 Å². The van der Waals surface area contributed by atoms with E-state index in [9.17, 15) is 62.1 Å². The Morgan fingerprint density at radius 1 is 0.346 bits per heavy atom. The van der Waals surface area contributed by atoms with E-state index in [0.29, 0.717) is 24.3 Å². The van der Waals surface area contributed by atoms with Crippen LogP contribution in [0.3, 0.4) is 0 Å². The molecule has 0 aromatic heterocycles. The van der Waals surface area contributed by atoms with E-state index in [2.05, 4.69) is 51.1 Å². The molecule has 0 heterocycles. The van der Waals surface area contributed by atoms with Gasteiger partial charge in [0.25, 0.3) is 20.2 Å². The van der Waals surface area contributed by atoms with Crippen molar-refractivity contribution in [1.29, 1.82) is 0 Å². The molecule has 0 atom stereocenters. The minimum absolute atomic E-state index is 0. The quantitative estimate of drug-likeness (QED) is 0.0385. The number of azo groups is 5. The second kappa shape index (κ2) is 26.6. The summed E-state index contributed by atoms with van der Waals surface area (Å²) >= 11 is 0. The maximum atomic E-state index is 13.8. The molecule has 0 radical (unpaired) electrons. The molecule has 26 nitrogen and oxygen atoms in total. The molecule has 0 aliphatic rings. The van der Waals surface area contributed by atoms with E-state index in [1.165, 1.54) is 72.8 Å². The van der Waals surface area contributed by atoms with Gasteiger partial charge in [0, 0.05) is 10.8 Å². The molecule has 0 aliphatic carbocycles. The fourth-order valence-corrected chi connectivity index (χ4v) is 9.49. The monoisotopic (exact) mass is 1170 g/mol. The third kappa shape index (κ3) is 15.1. The van der Waals surface area contributed by atoms with Crippen molar-refractivity contribution in [3.05, 3.63) is 133 Å². The van der Waals surface area contributed by atoms with Crippen LogP contribution in [0.25, 0.3) is 21.5 Å². The summed E-state index contributed by atoms with van der Waals surface area (Å²) < 4.78 is 143. The molecule has 78 heavy (non-hydrogen) atoms. The standard InChI is InChI=1S/C44H32N12O14S4.4Na/c45-37-35-23(19-31(71(59,60)61)39(37)53-49-25-7-3-1-4-8-25)21-33(73(65,66)67)41(43(35)57)55-51-29-15-11-27(12-16-29)47-48-28-13-17-30(18-14-28)52-56-42-34(74(68,69)70)22-24-20-32(72(62,63)64)40(38(46)36(24)44(42)58)54-50-26-9-5-2-6-10-26;;;;/h1-22,57-58H,45-46H2,(H,59,60,61)(H,62,63,64)(H,65,66,67)(H,68,69,70);;;;/q;4*+1/p-4. The van der Waals surface area contributed by atoms with Crippen LogP contribution in [0.1, 0.15) is 0 Å². The number of nitrogens with zero attached hydrogens (tertiary/aromatic N) is 10. The Bertz CT molecular complexity index is 3960. The zero-order valence-corrected chi connectivity index (χ0v) is 52.0. The zero-order valence-electron chi connectivity index (χ0n) is 40.8. The SMILES string of the molecule is Nc1c(N=Nc2ccccc2)c(S(=O)(=O)[O-])cc2cc(S(=O)(=O)O)c(N=Nc3ccc(N=Nc4ccc(N=Nc5c(S(=O)(=O)O)cc6cc(S(=O)(=O)[O-])c(N=Nc7ccccc7)c(N)c6c5[O-])cc4)cc3)c([O-])c12.[Na+].[Na+].[Na+].[Na+]. The summed E-state index contributed by atoms with van der Waals surface area (Å²) in [7, 11) is -21.2. The Kier molecular flexibility index (Phi) is 22.4. The fourth-order valence-electron chi connectivity index (χ4n) is 6.87. The number of fused-ring (bicyclic) bond motifs is 2. The van der Waals surface area contributed by atoms with Gasteiger partial charge in [0.1, 0.15) is 41.4 Å². The van der Waals surface area contributed by atoms with E-state index >= 15 is 0 Å². The smallest absolute Gasteiger partial charge is 0.870 e. The minimum atomic E-state index is -5.35. The van der Waals surface area contributed by atoms with Gasteiger partial charge in [-0.05, 0) is 108 Å². The van der Waals surface area contributed by atoms with Crippen molar-refractivity contribution in [1.82, 2.24) is 0 Å². The van der Waals surface area contributed by atoms with E-state index < -0.39 is 127 Å². The number of benzene rings is 8. The first-order valence-electron chi connectivity index (χ1n) is 20.3. The van der Waals surface area contributed by atoms with E-state index in [1.807, 2.05) is 0 Å². The Morgan fingerprint density at radius 2 is 0.577 bits per heavy atom. The number of nitrogens with two attached hydrogens (primary N) is 2. The number of hydrogen-bond donors (Lipinski definition) is 4. The average molecular weight is 1170 g/mol. The molecule has 0 bridgehead atoms. The van der Waals surface area contributed by atoms with Gasteiger partial charge in [0.05, 0.1) is 66.7 Å². The molecule has 0 saturated carbocycles. The fraction of sp³-hybridized carbons (Fsp3) is 0. The van der Waals surface area contributed by atoms with Crippen LogP contribution in [0.4, 0.5) is 68.2 Å². The van der Waals surface area contributed by atoms with Crippen molar-refractivity contribution < 1.29 is 180 Å². The van der Waals surface area contributed by atoms with Crippen molar-refractivity contribution in [3.63, 3.8) is 0 Å². The second-order valence-corrected chi connectivity index (χ2v) is 20.6. The van der Waals surface area contributed by atoms with Gasteiger partial charge in [-0.25, -0.2) is 16.8 Å². The van der Waals surface area contributed by atoms with Crippen LogP contribution in [0.2, 0.25) is 0 Å². The van der Waals surface area contributed by atoms with Gasteiger partial charge in [0.15, 0.2) is 0 Å². The third-order valence-corrected chi connectivity index (χ3v) is 13.7. The predicted molar refractivity (Wildman–Crippen MR) is 258 cm³/mol. The van der Waals surface area contributed by atoms with Crippen molar-refractivity contribution in [3.8, 4) is 11.5 Å². The molecular formula is C44H28N12Na4O14S4. The second-order valence-electron chi connectivity index (χ2n) is 15.1. The normalized spacial score (nSPS) is 12.3. The first-order valence-corrected chi connectivity index (χ1v) is 26.0. The maximum Gasteiger partial charge on any atom is 1.00 e. The Hall–Kier alpha value is -4.88. The Labute approximate surface area is 531 Å². The molecule has 8 rings (SSSR count). The van der Waals surface area contributed by atoms with Crippen LogP contribution in [-0.4, -0.2) is 51.9 Å². The molecule has 8 aromatic carbocycles. The molecule has 376 valence electrons. The van der Waals surface area contributed by atoms with Crippen LogP contribution in [0.5, 0.6) is 11.5 Å². The average Bonchev–Trinajstić information content (AvgIpc) is 3.34. The van der Waals surface area contributed by atoms with E-state index in [1.54, 1.807) is 36.4 Å². The molecule has 8 aromatic rings. The summed E-state index contributed by atoms with van der Waals surface area (Å²) in [6.07, 6.45) is 0. The number of hydrogen-bond acceptors (Lipinski definition) is 24. The Balaban J connectivity index is 0.00000328. The molecule has 0 unspecified atom stereocenters. The summed E-state index contributed by atoms with van der Waals surface area (Å²) in [6, 6.07) is 29.4. The first-order chi connectivity index (χ1) is 34.9. The predicted octanol–water partition coefficient (Wildman–Crippen LogP) is -2.30. The number of rotatable bonds is 14. The first kappa shape index (κ1) is 65.6. The third-order valence-electron chi connectivity index (χ3n) is 10.2. The molecular weight excluding hydrogens is 1140 g/mol. The van der Waals surface area contributed by atoms with Crippen molar-refractivity contribution in [2.45, 2.75) is 19.6 Å². The molecule has 0 amide bonds. The maximum absolute atomic E-state index is 13.8. The summed E-state index contributed by atoms with van der Waals surface area (Å²) in [6.45, 7) is 0. The van der Waals surface area contributed by atoms with Crippen molar-refractivity contribution in [2.24, 2.45) is 51.1 Å². The van der Waals surface area contributed by atoms with Gasteiger partial charge in [-0.2, -0.15) is 47.5 Å². The van der Waals surface area contributed by atoms with Gasteiger partial charge < -0.3 is 30.8 Å². The Morgan fingerprint density at radius 3 is 0.833 bits per heavy atom. The minimum Gasteiger partial charge on any atom is -0.870 e. The van der Waals surface area contributed by atoms with Crippen LogP contribution in [0.15, 0.2) is 204 Å². The van der Waals surface area contributed by atoms with Gasteiger partial charge in [-0.3, -0.25) is 9.11 Å². The molecule has 0 fully saturated rings. The summed E-state index contributed by atoms with van der Waals surface area (Å²) in [5.41, 5.74) is 8.77. The van der Waals surface area contributed by atoms with Gasteiger partial charge in [-0.1, -0.05) is 47.9 Å². The van der Waals surface area contributed by atoms with Crippen LogP contribution in [-0.2, 0) is 40.5 Å². The van der Waals surface area contributed by atoms with Crippen LogP contribution in [0, 0.1) is 0 Å². The summed E-state index contributed by atoms with van der Waals surface area (Å²) in [5, 5.41) is 64.6. The van der Waals surface area contributed by atoms with Crippen LogP contribution < -0.4 is 140 Å². The topological polar surface area (TPSA) is 445 Å². The molecule has 34 heteroatoms. The van der Waals surface area contributed by atoms with E-state index in [-0.39, 0.29) is 152 Å². The molecule has 0 saturated heterocycles. The molecule has 6 N–H and O–H groups in total. The van der Waals surface area contributed by atoms with Gasteiger partial charge in [0.2, 0.25) is 0 Å². The number of nitrogen functional groups attached to an aromatic ring is 2. The van der Waals surface area contributed by atoms with E-state index in [0.717, 1.165) is 0 Å². The summed E-state index contributed by atoms with van der Waals surface area (Å²) in [5.74, 6) is -2.46. The largest absolute Gasteiger partial charge is 1.00 e. The van der Waals surface area contributed by atoms with Crippen LogP contribution >= 0.6 is 0 Å². The van der Waals surface area contributed by atoms with Gasteiger partial charge >= 0.3 is 118 Å². The van der Waals surface area contributed by atoms with Crippen molar-refractivity contribution in [2.75, 3.05) is 11.5 Å². The summed E-state index contributed by atoms with van der Waals surface area (Å²) in [4.78, 5) is -4.23.